The van der Waals surface area contributed by atoms with Gasteiger partial charge in [-0.3, -0.25) is 0 Å². The van der Waals surface area contributed by atoms with E-state index >= 15 is 0 Å². The maximum atomic E-state index is 8.48. The predicted molar refractivity (Wildman–Crippen MR) is 56.3 cm³/mol. The zero-order valence-electron chi connectivity index (χ0n) is 8.79. The Morgan fingerprint density at radius 3 is 2.62 bits per heavy atom. The summed E-state index contributed by atoms with van der Waals surface area (Å²) in [4.78, 5) is 2.33. The van der Waals surface area contributed by atoms with Crippen molar-refractivity contribution in [3.05, 3.63) is 12.7 Å². The van der Waals surface area contributed by atoms with Crippen LogP contribution in [0.3, 0.4) is 0 Å². The van der Waals surface area contributed by atoms with Gasteiger partial charge >= 0.3 is 0 Å². The van der Waals surface area contributed by atoms with E-state index in [4.69, 9.17) is 5.26 Å². The third-order valence-electron chi connectivity index (χ3n) is 1.81. The fourth-order valence-corrected chi connectivity index (χ4v) is 1.29. The van der Waals surface area contributed by atoms with E-state index in [9.17, 15) is 0 Å². The molecule has 0 saturated carbocycles. The van der Waals surface area contributed by atoms with E-state index in [2.05, 4.69) is 31.4 Å². The molecule has 13 heavy (non-hydrogen) atoms. The minimum atomic E-state index is 0.629. The van der Waals surface area contributed by atoms with Gasteiger partial charge in [0, 0.05) is 26.1 Å². The van der Waals surface area contributed by atoms with Crippen molar-refractivity contribution in [1.82, 2.24) is 4.90 Å². The van der Waals surface area contributed by atoms with Crippen molar-refractivity contribution in [1.29, 1.82) is 5.26 Å². The van der Waals surface area contributed by atoms with Crippen LogP contribution in [0.1, 0.15) is 26.7 Å². The largest absolute Gasteiger partial charge is 0.302 e. The normalized spacial score (nSPS) is 10.4. The average molecular weight is 180 g/mol. The van der Waals surface area contributed by atoms with E-state index in [1.807, 2.05) is 6.08 Å². The Morgan fingerprint density at radius 2 is 2.15 bits per heavy atom. The van der Waals surface area contributed by atoms with Gasteiger partial charge in [-0.1, -0.05) is 19.9 Å². The molecule has 0 aliphatic rings. The summed E-state index contributed by atoms with van der Waals surface area (Å²) in [5, 5.41) is 8.48. The fraction of sp³-hybridized carbons (Fsp3) is 0.727. The van der Waals surface area contributed by atoms with E-state index in [1.165, 1.54) is 0 Å². The molecule has 0 rings (SSSR count). The van der Waals surface area contributed by atoms with Gasteiger partial charge in [-0.15, -0.1) is 6.58 Å². The zero-order valence-corrected chi connectivity index (χ0v) is 8.79. The molecule has 0 bridgehead atoms. The molecule has 0 aliphatic carbocycles. The van der Waals surface area contributed by atoms with Gasteiger partial charge in [0.1, 0.15) is 0 Å². The first kappa shape index (κ1) is 12.2. The van der Waals surface area contributed by atoms with E-state index in [-0.39, 0.29) is 0 Å². The van der Waals surface area contributed by atoms with Gasteiger partial charge in [-0.2, -0.15) is 5.26 Å². The second-order valence-electron chi connectivity index (χ2n) is 3.68. The minimum Gasteiger partial charge on any atom is -0.302 e. The van der Waals surface area contributed by atoms with E-state index in [0.717, 1.165) is 26.1 Å². The lowest BCUT2D eigenvalue weighted by Crippen LogP contribution is -2.29. The van der Waals surface area contributed by atoms with Crippen LogP contribution in [0.2, 0.25) is 0 Å². The monoisotopic (exact) mass is 180 g/mol. The maximum absolute atomic E-state index is 8.48. The van der Waals surface area contributed by atoms with Gasteiger partial charge in [-0.05, 0) is 12.3 Å². The number of nitriles is 1. The van der Waals surface area contributed by atoms with E-state index in [0.29, 0.717) is 12.3 Å². The van der Waals surface area contributed by atoms with Gasteiger partial charge < -0.3 is 4.90 Å². The third-order valence-corrected chi connectivity index (χ3v) is 1.81. The summed E-state index contributed by atoms with van der Waals surface area (Å²) < 4.78 is 0. The highest BCUT2D eigenvalue weighted by atomic mass is 15.1. The molecule has 0 amide bonds. The topological polar surface area (TPSA) is 27.0 Å². The van der Waals surface area contributed by atoms with Crippen molar-refractivity contribution in [3.63, 3.8) is 0 Å². The Hall–Kier alpha value is -0.810. The summed E-state index contributed by atoms with van der Waals surface area (Å²) >= 11 is 0. The molecule has 0 atom stereocenters. The molecular formula is C11H20N2. The molecule has 0 aliphatic heterocycles. The molecule has 0 radical (unpaired) electrons. The first-order valence-electron chi connectivity index (χ1n) is 4.91. The summed E-state index contributed by atoms with van der Waals surface area (Å²) in [5.74, 6) is 0.670. The second kappa shape index (κ2) is 7.82. The Bertz CT molecular complexity index is 167. The van der Waals surface area contributed by atoms with Crippen LogP contribution in [0.4, 0.5) is 0 Å². The summed E-state index contributed by atoms with van der Waals surface area (Å²) in [6.45, 7) is 11.1. The average Bonchev–Trinajstić information content (AvgIpc) is 2.09. The Balaban J connectivity index is 3.73. The van der Waals surface area contributed by atoms with Crippen molar-refractivity contribution < 1.29 is 0 Å². The highest BCUT2D eigenvalue weighted by Crippen LogP contribution is 2.01. The van der Waals surface area contributed by atoms with Crippen molar-refractivity contribution in [3.8, 4) is 6.07 Å². The quantitative estimate of drug-likeness (QED) is 0.563. The van der Waals surface area contributed by atoms with Gasteiger partial charge in [0.05, 0.1) is 6.07 Å². The first-order valence-corrected chi connectivity index (χ1v) is 4.91. The zero-order chi connectivity index (χ0) is 10.1. The van der Waals surface area contributed by atoms with Gasteiger partial charge in [0.2, 0.25) is 0 Å². The minimum absolute atomic E-state index is 0.629. The molecule has 74 valence electrons. The number of hydrogen-bond acceptors (Lipinski definition) is 2. The molecule has 0 aromatic rings. The Labute approximate surface area is 81.9 Å². The van der Waals surface area contributed by atoms with Crippen molar-refractivity contribution >= 4 is 0 Å². The van der Waals surface area contributed by atoms with Gasteiger partial charge in [0.15, 0.2) is 0 Å². The molecule has 2 nitrogen and oxygen atoms in total. The Morgan fingerprint density at radius 1 is 1.46 bits per heavy atom. The molecule has 0 spiro atoms. The molecule has 0 aromatic heterocycles. The lowest BCUT2D eigenvalue weighted by Gasteiger charge is -2.22. The van der Waals surface area contributed by atoms with Crippen LogP contribution < -0.4 is 0 Å². The summed E-state index contributed by atoms with van der Waals surface area (Å²) in [6.07, 6.45) is 3.57. The predicted octanol–water partition coefficient (Wildman–Crippen LogP) is 2.43. The Kier molecular flexibility index (Phi) is 7.33. The van der Waals surface area contributed by atoms with Crippen LogP contribution in [0.25, 0.3) is 0 Å². The van der Waals surface area contributed by atoms with Crippen molar-refractivity contribution in [2.75, 3.05) is 19.6 Å². The van der Waals surface area contributed by atoms with Crippen LogP contribution in [0.5, 0.6) is 0 Å². The van der Waals surface area contributed by atoms with E-state index < -0.39 is 0 Å². The molecule has 0 N–H and O–H groups in total. The van der Waals surface area contributed by atoms with Gasteiger partial charge in [0.25, 0.3) is 0 Å². The van der Waals surface area contributed by atoms with Crippen molar-refractivity contribution in [2.45, 2.75) is 26.7 Å². The lowest BCUT2D eigenvalue weighted by molar-refractivity contribution is 0.254. The summed E-state index contributed by atoms with van der Waals surface area (Å²) in [5.41, 5.74) is 0. The molecule has 0 aromatic carbocycles. The maximum Gasteiger partial charge on any atom is 0.0635 e. The molecule has 0 unspecified atom stereocenters. The van der Waals surface area contributed by atoms with Crippen LogP contribution in [-0.4, -0.2) is 24.5 Å². The van der Waals surface area contributed by atoms with Gasteiger partial charge in [-0.25, -0.2) is 0 Å². The summed E-state index contributed by atoms with van der Waals surface area (Å²) in [7, 11) is 0. The molecule has 0 fully saturated rings. The fourth-order valence-electron chi connectivity index (χ4n) is 1.29. The van der Waals surface area contributed by atoms with Crippen LogP contribution in [0, 0.1) is 17.2 Å². The highest BCUT2D eigenvalue weighted by Gasteiger charge is 2.05. The molecule has 0 heterocycles. The number of nitrogens with zero attached hydrogens (tertiary/aromatic N) is 2. The molecule has 0 saturated heterocycles. The second-order valence-corrected chi connectivity index (χ2v) is 3.68. The summed E-state index contributed by atoms with van der Waals surface area (Å²) in [6, 6.07) is 2.18. The van der Waals surface area contributed by atoms with Crippen LogP contribution in [-0.2, 0) is 0 Å². The van der Waals surface area contributed by atoms with Crippen LogP contribution in [0.15, 0.2) is 12.7 Å². The van der Waals surface area contributed by atoms with E-state index in [1.54, 1.807) is 0 Å². The smallest absolute Gasteiger partial charge is 0.0635 e. The third kappa shape index (κ3) is 7.55. The molecule has 2 heteroatoms. The first-order chi connectivity index (χ1) is 6.20. The highest BCUT2D eigenvalue weighted by molar-refractivity contribution is 4.75. The molecular weight excluding hydrogens is 160 g/mol. The number of hydrogen-bond donors (Lipinski definition) is 0. The van der Waals surface area contributed by atoms with Crippen LogP contribution >= 0.6 is 0 Å². The van der Waals surface area contributed by atoms with Crippen molar-refractivity contribution in [2.24, 2.45) is 5.92 Å². The standard InChI is InChI=1S/C11H20N2/c1-4-5-8-13(9-6-7-12)10-11(2)3/h4,11H,1,5-6,8-10H2,2-3H3. The number of rotatable bonds is 7. The SMILES string of the molecule is C=CCCN(CCC#N)CC(C)C. The lowest BCUT2D eigenvalue weighted by atomic mass is 10.2.